The summed E-state index contributed by atoms with van der Waals surface area (Å²) in [5, 5.41) is 3.27. The Morgan fingerprint density at radius 1 is 0.342 bits per heavy atom. The van der Waals surface area contributed by atoms with Gasteiger partial charge in [-0.3, -0.25) is 19.2 Å². The lowest BCUT2D eigenvalue weighted by Gasteiger charge is -2.14. The summed E-state index contributed by atoms with van der Waals surface area (Å²) in [5.74, 6) is -1.15. The molecule has 5 aromatic rings. The molecule has 0 aliphatic heterocycles. The summed E-state index contributed by atoms with van der Waals surface area (Å²) in [6.07, 6.45) is 3.38. The number of carbonyl (C=O) groups is 4. The first-order valence-electron chi connectivity index (χ1n) is 12.3. The molecule has 0 amide bonds. The average molecular weight is 491 g/mol. The van der Waals surface area contributed by atoms with Gasteiger partial charge in [0.1, 0.15) is 0 Å². The molecule has 2 aliphatic carbocycles. The van der Waals surface area contributed by atoms with Crippen LogP contribution in [-0.2, 0) is 0 Å². The zero-order valence-electron chi connectivity index (χ0n) is 20.0. The molecule has 0 unspecified atom stereocenters. The topological polar surface area (TPSA) is 68.3 Å². The summed E-state index contributed by atoms with van der Waals surface area (Å²) >= 11 is 0. The van der Waals surface area contributed by atoms with Crippen LogP contribution in [0.3, 0.4) is 0 Å². The minimum atomic E-state index is -0.287. The van der Waals surface area contributed by atoms with E-state index in [4.69, 9.17) is 0 Å². The molecule has 0 aromatic heterocycles. The molecule has 5 aromatic carbocycles. The second kappa shape index (κ2) is 8.15. The van der Waals surface area contributed by atoms with Crippen molar-refractivity contribution in [3.05, 3.63) is 142 Å². The van der Waals surface area contributed by atoms with Gasteiger partial charge < -0.3 is 0 Å². The molecule has 0 radical (unpaired) electrons. The molecule has 0 fully saturated rings. The van der Waals surface area contributed by atoms with Gasteiger partial charge in [-0.25, -0.2) is 0 Å². The summed E-state index contributed by atoms with van der Waals surface area (Å²) in [6.45, 7) is 0. The molecule has 7 rings (SSSR count). The van der Waals surface area contributed by atoms with Gasteiger partial charge in [0.15, 0.2) is 23.1 Å². The van der Waals surface area contributed by atoms with E-state index in [0.29, 0.717) is 22.3 Å². The molecule has 0 spiro atoms. The lowest BCUT2D eigenvalue weighted by atomic mass is 9.89. The van der Waals surface area contributed by atoms with Gasteiger partial charge in [-0.1, -0.05) is 97.1 Å². The Morgan fingerprint density at radius 2 is 0.579 bits per heavy atom. The number of carbonyl (C=O) groups excluding carboxylic acids is 4. The summed E-state index contributed by atoms with van der Waals surface area (Å²) in [5.41, 5.74) is 3.40. The van der Waals surface area contributed by atoms with Crippen molar-refractivity contribution in [2.24, 2.45) is 0 Å². The summed E-state index contributed by atoms with van der Waals surface area (Å²) in [4.78, 5) is 52.7. The van der Waals surface area contributed by atoms with Gasteiger partial charge in [-0.15, -0.1) is 0 Å². The van der Waals surface area contributed by atoms with Crippen molar-refractivity contribution in [1.82, 2.24) is 0 Å². The molecular formula is C34H18O4. The molecule has 38 heavy (non-hydrogen) atoms. The van der Waals surface area contributed by atoms with Gasteiger partial charge in [0.2, 0.25) is 0 Å². The molecule has 0 heterocycles. The van der Waals surface area contributed by atoms with Gasteiger partial charge >= 0.3 is 0 Å². The SMILES string of the molecule is O=C1C(=Cc2c3ccccc3c(C=C3C(=O)c4ccccc4C3=O)c3ccccc23)C(=O)c2ccccc21. The maximum atomic E-state index is 13.2. The van der Waals surface area contributed by atoms with Crippen LogP contribution >= 0.6 is 0 Å². The smallest absolute Gasteiger partial charge is 0.197 e. The molecule has 0 saturated heterocycles. The van der Waals surface area contributed by atoms with Crippen LogP contribution in [0.2, 0.25) is 0 Å². The predicted molar refractivity (Wildman–Crippen MR) is 148 cm³/mol. The summed E-state index contributed by atoms with van der Waals surface area (Å²) < 4.78 is 0. The number of benzene rings is 5. The highest BCUT2D eigenvalue weighted by Crippen LogP contribution is 2.38. The quantitative estimate of drug-likeness (QED) is 0.153. The Bertz CT molecular complexity index is 1710. The van der Waals surface area contributed by atoms with Crippen LogP contribution in [0.25, 0.3) is 33.7 Å². The van der Waals surface area contributed by atoms with Crippen molar-refractivity contribution in [3.63, 3.8) is 0 Å². The maximum absolute atomic E-state index is 13.2. The van der Waals surface area contributed by atoms with Crippen LogP contribution in [0.5, 0.6) is 0 Å². The first-order chi connectivity index (χ1) is 18.5. The normalized spacial score (nSPS) is 14.4. The highest BCUT2D eigenvalue weighted by atomic mass is 16.2. The third-order valence-corrected chi connectivity index (χ3v) is 7.40. The first-order valence-corrected chi connectivity index (χ1v) is 12.3. The molecule has 0 saturated carbocycles. The largest absolute Gasteiger partial charge is 0.288 e. The number of allylic oxidation sites excluding steroid dienone is 2. The number of rotatable bonds is 2. The van der Waals surface area contributed by atoms with Gasteiger partial charge in [0.05, 0.1) is 11.1 Å². The summed E-state index contributed by atoms with van der Waals surface area (Å²) in [6, 6.07) is 29.0. The van der Waals surface area contributed by atoms with Crippen molar-refractivity contribution < 1.29 is 19.2 Å². The van der Waals surface area contributed by atoms with Crippen LogP contribution < -0.4 is 0 Å². The van der Waals surface area contributed by atoms with Crippen LogP contribution in [0.1, 0.15) is 52.6 Å². The van der Waals surface area contributed by atoms with Crippen LogP contribution in [0, 0.1) is 0 Å². The minimum Gasteiger partial charge on any atom is -0.288 e. The number of Topliss-reactive ketones (excluding diaryl/α,β-unsaturated/α-hetero) is 4. The molecule has 178 valence electrons. The lowest BCUT2D eigenvalue weighted by molar-refractivity contribution is 0.0975. The molecule has 0 N–H and O–H groups in total. The maximum Gasteiger partial charge on any atom is 0.197 e. The average Bonchev–Trinajstić information content (AvgIpc) is 3.35. The number of fused-ring (bicyclic) bond motifs is 4. The van der Waals surface area contributed by atoms with E-state index in [0.717, 1.165) is 32.7 Å². The number of ketones is 4. The fourth-order valence-electron chi connectivity index (χ4n) is 5.60. The zero-order valence-corrected chi connectivity index (χ0v) is 20.0. The third kappa shape index (κ3) is 3.04. The molecular weight excluding hydrogens is 472 g/mol. The second-order valence-electron chi connectivity index (χ2n) is 9.44. The fourth-order valence-corrected chi connectivity index (χ4v) is 5.60. The van der Waals surface area contributed by atoms with Crippen molar-refractivity contribution in [3.8, 4) is 0 Å². The van der Waals surface area contributed by atoms with Gasteiger partial charge in [-0.2, -0.15) is 0 Å². The monoisotopic (exact) mass is 490 g/mol. The van der Waals surface area contributed by atoms with Crippen molar-refractivity contribution in [2.75, 3.05) is 0 Å². The first kappa shape index (κ1) is 22.0. The minimum absolute atomic E-state index is 0.129. The van der Waals surface area contributed by atoms with E-state index in [1.807, 2.05) is 48.5 Å². The lowest BCUT2D eigenvalue weighted by Crippen LogP contribution is -2.02. The van der Waals surface area contributed by atoms with E-state index in [1.165, 1.54) is 0 Å². The number of hydrogen-bond donors (Lipinski definition) is 0. The molecule has 2 aliphatic rings. The Hall–Kier alpha value is -5.22. The second-order valence-corrected chi connectivity index (χ2v) is 9.44. The van der Waals surface area contributed by atoms with Crippen LogP contribution in [0.4, 0.5) is 0 Å². The van der Waals surface area contributed by atoms with E-state index in [1.54, 1.807) is 60.7 Å². The van der Waals surface area contributed by atoms with Gasteiger partial charge in [-0.05, 0) is 44.8 Å². The van der Waals surface area contributed by atoms with E-state index in [-0.39, 0.29) is 34.3 Å². The third-order valence-electron chi connectivity index (χ3n) is 7.40. The standard InChI is InChI=1S/C34H18O4/c35-31-23-13-5-6-14-24(23)32(36)29(31)17-27-19-9-1-2-10-20(19)28(22-12-4-3-11-21(22)27)18-30-33(37)25-15-7-8-16-26(25)34(30)38/h1-18H. The number of hydrogen-bond acceptors (Lipinski definition) is 4. The van der Waals surface area contributed by atoms with E-state index in [9.17, 15) is 19.2 Å². The van der Waals surface area contributed by atoms with Crippen molar-refractivity contribution >= 4 is 56.8 Å². The molecule has 4 nitrogen and oxygen atoms in total. The molecule has 0 atom stereocenters. The Kier molecular flexibility index (Phi) is 4.72. The Morgan fingerprint density at radius 3 is 0.842 bits per heavy atom. The van der Waals surface area contributed by atoms with E-state index in [2.05, 4.69) is 0 Å². The van der Waals surface area contributed by atoms with Gasteiger partial charge in [0.25, 0.3) is 0 Å². The Labute approximate surface area is 217 Å². The van der Waals surface area contributed by atoms with Crippen LogP contribution in [0.15, 0.2) is 108 Å². The molecule has 0 bridgehead atoms. The van der Waals surface area contributed by atoms with Crippen molar-refractivity contribution in [2.45, 2.75) is 0 Å². The summed E-state index contributed by atoms with van der Waals surface area (Å²) in [7, 11) is 0. The Balaban J connectivity index is 1.50. The predicted octanol–water partition coefficient (Wildman–Crippen LogP) is 6.92. The fraction of sp³-hybridized carbons (Fsp3) is 0. The zero-order chi connectivity index (χ0) is 26.0. The molecule has 4 heteroatoms. The van der Waals surface area contributed by atoms with E-state index < -0.39 is 0 Å². The highest BCUT2D eigenvalue weighted by molar-refractivity contribution is 6.43. The highest BCUT2D eigenvalue weighted by Gasteiger charge is 2.34. The van der Waals surface area contributed by atoms with Crippen molar-refractivity contribution in [1.29, 1.82) is 0 Å². The van der Waals surface area contributed by atoms with Gasteiger partial charge in [0, 0.05) is 22.3 Å². The van der Waals surface area contributed by atoms with Crippen LogP contribution in [-0.4, -0.2) is 23.1 Å². The van der Waals surface area contributed by atoms with E-state index >= 15 is 0 Å².